The highest BCUT2D eigenvalue weighted by Gasteiger charge is 2.42. The topological polar surface area (TPSA) is 124 Å². The van der Waals surface area contributed by atoms with E-state index < -0.39 is 33.5 Å². The van der Waals surface area contributed by atoms with Crippen LogP contribution < -0.4 is 10.6 Å². The average molecular weight is 390 g/mol. The molecule has 2 N–H and O–H groups in total. The van der Waals surface area contributed by atoms with E-state index in [0.717, 1.165) is 0 Å². The fourth-order valence-electron chi connectivity index (χ4n) is 3.20. The van der Waals surface area contributed by atoms with E-state index in [1.165, 1.54) is 6.92 Å². The molecular weight excluding hydrogens is 370 g/mol. The Bertz CT molecular complexity index is 813. The molecule has 0 saturated carbocycles. The summed E-state index contributed by atoms with van der Waals surface area (Å²) < 4.78 is 48.1. The summed E-state index contributed by atoms with van der Waals surface area (Å²) >= 11 is 0. The lowest BCUT2D eigenvalue weighted by atomic mass is 9.94. The Balaban J connectivity index is 1.79. The minimum absolute atomic E-state index is 0.0789. The number of hydrogen-bond acceptors (Lipinski definition) is 8. The summed E-state index contributed by atoms with van der Waals surface area (Å²) in [5.41, 5.74) is 4.92. The van der Waals surface area contributed by atoms with Crippen LogP contribution in [0.3, 0.4) is 0 Å². The van der Waals surface area contributed by atoms with E-state index in [-0.39, 0.29) is 23.4 Å². The number of anilines is 2. The van der Waals surface area contributed by atoms with E-state index in [9.17, 15) is 17.8 Å². The first kappa shape index (κ1) is 18.8. The number of aromatic nitrogens is 3. The second kappa shape index (κ2) is 6.99. The summed E-state index contributed by atoms with van der Waals surface area (Å²) in [5, 5.41) is 0. The predicted octanol–water partition coefficient (Wildman–Crippen LogP) is 0.775. The zero-order valence-electron chi connectivity index (χ0n) is 14.2. The highest BCUT2D eigenvalue weighted by Crippen LogP contribution is 2.33. The lowest BCUT2D eigenvalue weighted by molar-refractivity contribution is -0.115. The van der Waals surface area contributed by atoms with Crippen LogP contribution in [0.2, 0.25) is 0 Å². The molecule has 1 aromatic heterocycles. The van der Waals surface area contributed by atoms with Crippen molar-refractivity contribution in [2.24, 2.45) is 4.36 Å². The number of amides is 1. The Morgan fingerprint density at radius 2 is 2.04 bits per heavy atom. The van der Waals surface area contributed by atoms with E-state index in [1.54, 1.807) is 4.90 Å². The molecule has 144 valence electrons. The third kappa shape index (κ3) is 4.06. The van der Waals surface area contributed by atoms with Gasteiger partial charge in [0.1, 0.15) is 0 Å². The second-order valence-corrected chi connectivity index (χ2v) is 8.94. The monoisotopic (exact) mass is 390 g/mol. The van der Waals surface area contributed by atoms with Gasteiger partial charge in [-0.2, -0.15) is 19.3 Å². The first-order chi connectivity index (χ1) is 12.2. The van der Waals surface area contributed by atoms with Gasteiger partial charge in [-0.05, 0) is 12.8 Å². The lowest BCUT2D eigenvalue weighted by Crippen LogP contribution is -2.55. The molecule has 2 saturated heterocycles. The van der Waals surface area contributed by atoms with Gasteiger partial charge in [-0.3, -0.25) is 4.79 Å². The van der Waals surface area contributed by atoms with Gasteiger partial charge in [-0.1, -0.05) is 0 Å². The number of hydrogen-bond donors (Lipinski definition) is 1. The van der Waals surface area contributed by atoms with Gasteiger partial charge >= 0.3 is 0 Å². The number of nitrogen functional groups attached to an aromatic ring is 1. The number of ether oxygens (including phenoxy) is 1. The maximum absolute atomic E-state index is 12.9. The second-order valence-electron chi connectivity index (χ2n) is 6.40. The van der Waals surface area contributed by atoms with Crippen molar-refractivity contribution in [1.82, 2.24) is 15.0 Å². The van der Waals surface area contributed by atoms with Crippen molar-refractivity contribution < 1.29 is 22.5 Å². The first-order valence-electron chi connectivity index (χ1n) is 8.12. The van der Waals surface area contributed by atoms with Gasteiger partial charge in [-0.25, -0.2) is 13.0 Å². The maximum Gasteiger partial charge on any atom is 0.297 e. The molecule has 1 spiro atoms. The van der Waals surface area contributed by atoms with E-state index in [0.29, 0.717) is 32.5 Å². The summed E-state index contributed by atoms with van der Waals surface area (Å²) in [6.07, 6.45) is -1.95. The van der Waals surface area contributed by atoms with Gasteiger partial charge in [0.25, 0.3) is 12.3 Å². The standard InChI is InChI=1S/C14H20F2N6O3S/c1-9(23)21-26(24)6-2-14(3-7-26)8-22(4-5-25-14)13-19-11(10(15)16)18-12(17)20-13/h10H,2-8H2,1H3,(H2,17,18,19,20). The summed E-state index contributed by atoms with van der Waals surface area (Å²) in [4.78, 5) is 24.1. The van der Waals surface area contributed by atoms with Crippen molar-refractivity contribution in [3.8, 4) is 0 Å². The number of alkyl halides is 2. The SMILES string of the molecule is CC(=O)N=S1(=O)CCC2(CC1)CN(c1nc(N)nc(C(F)F)n1)CCO2. The van der Waals surface area contributed by atoms with Crippen molar-refractivity contribution in [1.29, 1.82) is 0 Å². The van der Waals surface area contributed by atoms with Crippen LogP contribution in [-0.2, 0) is 19.3 Å². The highest BCUT2D eigenvalue weighted by atomic mass is 32.2. The molecule has 2 fully saturated rings. The van der Waals surface area contributed by atoms with E-state index in [4.69, 9.17) is 10.5 Å². The van der Waals surface area contributed by atoms with Crippen LogP contribution in [0.5, 0.6) is 0 Å². The van der Waals surface area contributed by atoms with Crippen LogP contribution in [0.15, 0.2) is 4.36 Å². The van der Waals surface area contributed by atoms with Crippen LogP contribution in [0.25, 0.3) is 0 Å². The number of morpholine rings is 1. The molecule has 0 aliphatic carbocycles. The third-order valence-corrected chi connectivity index (χ3v) is 6.71. The van der Waals surface area contributed by atoms with Crippen molar-refractivity contribution in [3.05, 3.63) is 5.82 Å². The van der Waals surface area contributed by atoms with Crippen molar-refractivity contribution in [3.63, 3.8) is 0 Å². The fraction of sp³-hybridized carbons (Fsp3) is 0.714. The van der Waals surface area contributed by atoms with Crippen molar-refractivity contribution >= 4 is 27.5 Å². The van der Waals surface area contributed by atoms with Crippen LogP contribution in [-0.4, -0.2) is 61.9 Å². The molecule has 0 aromatic carbocycles. The molecule has 3 heterocycles. The zero-order valence-corrected chi connectivity index (χ0v) is 15.0. The molecule has 9 nitrogen and oxygen atoms in total. The van der Waals surface area contributed by atoms with Gasteiger partial charge in [0.15, 0.2) is 0 Å². The van der Waals surface area contributed by atoms with Gasteiger partial charge in [0.2, 0.25) is 17.7 Å². The molecule has 2 aliphatic heterocycles. The third-order valence-electron chi connectivity index (χ3n) is 4.43. The Labute approximate surface area is 149 Å². The number of halogens is 2. The van der Waals surface area contributed by atoms with Crippen molar-refractivity contribution in [2.75, 3.05) is 41.8 Å². The van der Waals surface area contributed by atoms with Crippen LogP contribution in [0, 0.1) is 0 Å². The van der Waals surface area contributed by atoms with Crippen molar-refractivity contribution in [2.45, 2.75) is 31.8 Å². The molecule has 2 aliphatic rings. The number of carbonyl (C=O) groups excluding carboxylic acids is 1. The normalized spacial score (nSPS) is 29.2. The summed E-state index contributed by atoms with van der Waals surface area (Å²) in [5.74, 6) is -0.797. The van der Waals surface area contributed by atoms with Crippen LogP contribution >= 0.6 is 0 Å². The molecule has 0 radical (unpaired) electrons. The minimum Gasteiger partial charge on any atom is -0.371 e. The quantitative estimate of drug-likeness (QED) is 0.785. The largest absolute Gasteiger partial charge is 0.371 e. The number of rotatable bonds is 2. The van der Waals surface area contributed by atoms with Gasteiger partial charge in [0, 0.05) is 25.0 Å². The molecule has 12 heteroatoms. The summed E-state index contributed by atoms with van der Waals surface area (Å²) in [7, 11) is -2.56. The Kier molecular flexibility index (Phi) is 5.06. The molecule has 0 atom stereocenters. The van der Waals surface area contributed by atoms with Crippen LogP contribution in [0.4, 0.5) is 20.7 Å². The minimum atomic E-state index is -2.85. The molecular formula is C14H20F2N6O3S. The fourth-order valence-corrected chi connectivity index (χ4v) is 5.44. The molecule has 26 heavy (non-hydrogen) atoms. The van der Waals surface area contributed by atoms with E-state index in [2.05, 4.69) is 19.3 Å². The number of carbonyl (C=O) groups is 1. The van der Waals surface area contributed by atoms with Crippen LogP contribution in [0.1, 0.15) is 32.0 Å². The number of nitrogens with two attached hydrogens (primary N) is 1. The van der Waals surface area contributed by atoms with E-state index >= 15 is 0 Å². The van der Waals surface area contributed by atoms with Gasteiger partial charge in [0.05, 0.1) is 28.5 Å². The Morgan fingerprint density at radius 1 is 1.35 bits per heavy atom. The molecule has 3 rings (SSSR count). The maximum atomic E-state index is 12.9. The smallest absolute Gasteiger partial charge is 0.297 e. The summed E-state index contributed by atoms with van der Waals surface area (Å²) in [6, 6.07) is 0. The predicted molar refractivity (Wildman–Crippen MR) is 90.3 cm³/mol. The average Bonchev–Trinajstić information content (AvgIpc) is 2.57. The summed E-state index contributed by atoms with van der Waals surface area (Å²) in [6.45, 7) is 2.40. The highest BCUT2D eigenvalue weighted by molar-refractivity contribution is 7.93. The number of nitrogens with zero attached hydrogens (tertiary/aromatic N) is 5. The molecule has 0 unspecified atom stereocenters. The Morgan fingerprint density at radius 3 is 2.65 bits per heavy atom. The molecule has 1 amide bonds. The molecule has 1 aromatic rings. The Hall–Kier alpha value is -1.95. The lowest BCUT2D eigenvalue weighted by Gasteiger charge is -2.45. The first-order valence-corrected chi connectivity index (χ1v) is 9.97. The zero-order chi connectivity index (χ0) is 18.9. The van der Waals surface area contributed by atoms with Gasteiger partial charge in [-0.15, -0.1) is 0 Å². The molecule has 0 bridgehead atoms. The van der Waals surface area contributed by atoms with Gasteiger partial charge < -0.3 is 15.4 Å². The van der Waals surface area contributed by atoms with E-state index in [1.807, 2.05) is 0 Å².